The lowest BCUT2D eigenvalue weighted by molar-refractivity contribution is 0.188. The van der Waals surface area contributed by atoms with Gasteiger partial charge in [-0.2, -0.15) is 0 Å². The van der Waals surface area contributed by atoms with Crippen LogP contribution in [-0.4, -0.2) is 29.7 Å². The van der Waals surface area contributed by atoms with Crippen molar-refractivity contribution < 1.29 is 5.11 Å². The van der Waals surface area contributed by atoms with Crippen LogP contribution in [0.4, 0.5) is 0 Å². The minimum atomic E-state index is 0.192. The minimum absolute atomic E-state index is 0.192. The van der Waals surface area contributed by atoms with Crippen molar-refractivity contribution in [3.63, 3.8) is 0 Å². The number of rotatable bonds is 7. The van der Waals surface area contributed by atoms with E-state index in [0.29, 0.717) is 6.54 Å². The molecule has 0 atom stereocenters. The molecule has 0 radical (unpaired) electrons. The Morgan fingerprint density at radius 2 is 2.12 bits per heavy atom. The molecule has 96 valence electrons. The van der Waals surface area contributed by atoms with Crippen molar-refractivity contribution in [3.8, 4) is 0 Å². The molecule has 0 fully saturated rings. The quantitative estimate of drug-likeness (QED) is 0.828. The van der Waals surface area contributed by atoms with Crippen LogP contribution in [0.15, 0.2) is 22.7 Å². The van der Waals surface area contributed by atoms with Crippen LogP contribution in [0.2, 0.25) is 5.02 Å². The van der Waals surface area contributed by atoms with E-state index < -0.39 is 0 Å². The lowest BCUT2D eigenvalue weighted by Crippen LogP contribution is -2.27. The van der Waals surface area contributed by atoms with Crippen LogP contribution in [0.25, 0.3) is 0 Å². The van der Waals surface area contributed by atoms with Gasteiger partial charge in [-0.3, -0.25) is 4.90 Å². The molecule has 0 spiro atoms. The Morgan fingerprint density at radius 1 is 1.35 bits per heavy atom. The summed E-state index contributed by atoms with van der Waals surface area (Å²) in [6, 6.07) is 5.94. The Labute approximate surface area is 117 Å². The first-order chi connectivity index (χ1) is 8.17. The van der Waals surface area contributed by atoms with Crippen molar-refractivity contribution in [2.75, 3.05) is 19.7 Å². The minimum Gasteiger partial charge on any atom is -0.395 e. The van der Waals surface area contributed by atoms with Crippen LogP contribution in [-0.2, 0) is 6.54 Å². The zero-order valence-electron chi connectivity index (χ0n) is 10.1. The third-order valence-electron chi connectivity index (χ3n) is 2.65. The van der Waals surface area contributed by atoms with Gasteiger partial charge in [0.1, 0.15) is 0 Å². The molecule has 17 heavy (non-hydrogen) atoms. The number of aliphatic hydroxyl groups excluding tert-OH is 1. The maximum absolute atomic E-state index is 9.05. The van der Waals surface area contributed by atoms with E-state index in [2.05, 4.69) is 27.8 Å². The van der Waals surface area contributed by atoms with Gasteiger partial charge in [0.05, 0.1) is 6.61 Å². The van der Waals surface area contributed by atoms with E-state index in [9.17, 15) is 0 Å². The molecule has 0 saturated carbocycles. The molecular formula is C13H19BrClNO. The van der Waals surface area contributed by atoms with Gasteiger partial charge in [-0.05, 0) is 30.7 Å². The van der Waals surface area contributed by atoms with Crippen molar-refractivity contribution in [2.24, 2.45) is 0 Å². The number of aliphatic hydroxyl groups is 1. The number of nitrogens with zero attached hydrogens (tertiary/aromatic N) is 1. The Balaban J connectivity index is 2.64. The Morgan fingerprint density at radius 3 is 2.71 bits per heavy atom. The standard InChI is InChI=1S/C13H19BrClNO/c1-2-3-6-16(7-8-17)10-11-4-5-12(14)9-13(11)15/h4-5,9,17H,2-3,6-8,10H2,1H3. The van der Waals surface area contributed by atoms with E-state index in [0.717, 1.165) is 41.0 Å². The second kappa shape index (κ2) is 8.09. The molecule has 1 aromatic carbocycles. The maximum Gasteiger partial charge on any atom is 0.0558 e. The number of unbranched alkanes of at least 4 members (excludes halogenated alkanes) is 1. The summed E-state index contributed by atoms with van der Waals surface area (Å²) in [7, 11) is 0. The molecule has 0 bridgehead atoms. The first-order valence-electron chi connectivity index (χ1n) is 5.94. The summed E-state index contributed by atoms with van der Waals surface area (Å²) in [4.78, 5) is 2.23. The highest BCUT2D eigenvalue weighted by atomic mass is 79.9. The van der Waals surface area contributed by atoms with Crippen molar-refractivity contribution >= 4 is 27.5 Å². The first-order valence-corrected chi connectivity index (χ1v) is 7.11. The monoisotopic (exact) mass is 319 g/mol. The van der Waals surface area contributed by atoms with Crippen LogP contribution in [0.1, 0.15) is 25.3 Å². The van der Waals surface area contributed by atoms with Crippen molar-refractivity contribution in [1.29, 1.82) is 0 Å². The van der Waals surface area contributed by atoms with Gasteiger partial charge in [-0.25, -0.2) is 0 Å². The smallest absolute Gasteiger partial charge is 0.0558 e. The fraction of sp³-hybridized carbons (Fsp3) is 0.538. The topological polar surface area (TPSA) is 23.5 Å². The van der Waals surface area contributed by atoms with Crippen LogP contribution >= 0.6 is 27.5 Å². The lowest BCUT2D eigenvalue weighted by atomic mass is 10.2. The summed E-state index contributed by atoms with van der Waals surface area (Å²) in [6.45, 7) is 4.87. The third kappa shape index (κ3) is 5.38. The zero-order valence-corrected chi connectivity index (χ0v) is 12.5. The average molecular weight is 321 g/mol. The maximum atomic E-state index is 9.05. The molecule has 0 aliphatic heterocycles. The van der Waals surface area contributed by atoms with Crippen LogP contribution in [0.3, 0.4) is 0 Å². The summed E-state index contributed by atoms with van der Waals surface area (Å²) < 4.78 is 0.994. The van der Waals surface area contributed by atoms with E-state index in [1.54, 1.807) is 0 Å². The molecule has 1 aromatic rings. The van der Waals surface area contributed by atoms with E-state index in [1.165, 1.54) is 0 Å². The van der Waals surface area contributed by atoms with E-state index >= 15 is 0 Å². The highest BCUT2D eigenvalue weighted by Gasteiger charge is 2.08. The molecule has 4 heteroatoms. The van der Waals surface area contributed by atoms with Crippen LogP contribution < -0.4 is 0 Å². The largest absolute Gasteiger partial charge is 0.395 e. The predicted octanol–water partition coefficient (Wildman–Crippen LogP) is 3.70. The van der Waals surface area contributed by atoms with Gasteiger partial charge in [0, 0.05) is 22.6 Å². The summed E-state index contributed by atoms with van der Waals surface area (Å²) in [5, 5.41) is 9.82. The molecule has 1 rings (SSSR count). The van der Waals surface area contributed by atoms with E-state index in [1.807, 2.05) is 18.2 Å². The van der Waals surface area contributed by atoms with E-state index in [-0.39, 0.29) is 6.61 Å². The average Bonchev–Trinajstić information content (AvgIpc) is 2.29. The SMILES string of the molecule is CCCCN(CCO)Cc1ccc(Br)cc1Cl. The highest BCUT2D eigenvalue weighted by Crippen LogP contribution is 2.22. The molecule has 0 unspecified atom stereocenters. The van der Waals surface area contributed by atoms with E-state index in [4.69, 9.17) is 16.7 Å². The number of hydrogen-bond acceptors (Lipinski definition) is 2. The fourth-order valence-electron chi connectivity index (χ4n) is 1.68. The van der Waals surface area contributed by atoms with Crippen molar-refractivity contribution in [3.05, 3.63) is 33.3 Å². The van der Waals surface area contributed by atoms with Crippen LogP contribution in [0, 0.1) is 0 Å². The number of hydrogen-bond donors (Lipinski definition) is 1. The summed E-state index contributed by atoms with van der Waals surface area (Å²) in [5.41, 5.74) is 1.11. The number of halogens is 2. The predicted molar refractivity (Wildman–Crippen MR) is 76.4 cm³/mol. The Kier molecular flexibility index (Phi) is 7.12. The van der Waals surface area contributed by atoms with Gasteiger partial charge in [0.15, 0.2) is 0 Å². The van der Waals surface area contributed by atoms with Gasteiger partial charge in [-0.15, -0.1) is 0 Å². The van der Waals surface area contributed by atoms with Gasteiger partial charge in [0.2, 0.25) is 0 Å². The Hall–Kier alpha value is -0.0900. The Bertz CT molecular complexity index is 346. The molecule has 0 aliphatic rings. The third-order valence-corrected chi connectivity index (χ3v) is 3.50. The molecule has 0 saturated heterocycles. The second-order valence-electron chi connectivity index (χ2n) is 4.09. The van der Waals surface area contributed by atoms with Gasteiger partial charge >= 0.3 is 0 Å². The highest BCUT2D eigenvalue weighted by molar-refractivity contribution is 9.10. The summed E-state index contributed by atoms with van der Waals surface area (Å²) in [5.74, 6) is 0. The molecule has 2 nitrogen and oxygen atoms in total. The fourth-order valence-corrected chi connectivity index (χ4v) is 2.42. The van der Waals surface area contributed by atoms with Gasteiger partial charge in [0.25, 0.3) is 0 Å². The zero-order chi connectivity index (χ0) is 12.7. The summed E-state index contributed by atoms with van der Waals surface area (Å²) in [6.07, 6.45) is 2.31. The second-order valence-corrected chi connectivity index (χ2v) is 5.41. The summed E-state index contributed by atoms with van der Waals surface area (Å²) >= 11 is 9.59. The van der Waals surface area contributed by atoms with Crippen LogP contribution in [0.5, 0.6) is 0 Å². The van der Waals surface area contributed by atoms with Gasteiger partial charge < -0.3 is 5.11 Å². The number of benzene rings is 1. The van der Waals surface area contributed by atoms with Gasteiger partial charge in [-0.1, -0.05) is 46.9 Å². The molecule has 0 aliphatic carbocycles. The normalized spacial score (nSPS) is 11.1. The van der Waals surface area contributed by atoms with Crippen molar-refractivity contribution in [1.82, 2.24) is 4.90 Å². The lowest BCUT2D eigenvalue weighted by Gasteiger charge is -2.21. The van der Waals surface area contributed by atoms with Crippen molar-refractivity contribution in [2.45, 2.75) is 26.3 Å². The molecule has 0 aromatic heterocycles. The first kappa shape index (κ1) is 15.0. The molecule has 1 N–H and O–H groups in total. The molecule has 0 amide bonds. The molecule has 0 heterocycles. The molecular weight excluding hydrogens is 302 g/mol.